The first kappa shape index (κ1) is 9.98. The molecule has 1 atom stereocenters. The van der Waals surface area contributed by atoms with E-state index < -0.39 is 12.0 Å². The molecule has 1 N–H and O–H groups in total. The summed E-state index contributed by atoms with van der Waals surface area (Å²) in [7, 11) is 0. The van der Waals surface area contributed by atoms with Crippen LogP contribution in [0.4, 0.5) is 0 Å². The number of rotatable bonds is 3. The minimum absolute atomic E-state index is 0.509. The second-order valence-corrected chi connectivity index (χ2v) is 3.54. The van der Waals surface area contributed by atoms with Crippen LogP contribution < -0.4 is 4.84 Å². The van der Waals surface area contributed by atoms with E-state index in [1.54, 1.807) is 0 Å². The summed E-state index contributed by atoms with van der Waals surface area (Å²) in [5.74, 6) is -0.130. The average Bonchev–Trinajstić information content (AvgIpc) is 2.67. The van der Waals surface area contributed by atoms with Crippen LogP contribution >= 0.6 is 0 Å². The highest BCUT2D eigenvalue weighted by molar-refractivity contribution is 5.73. The van der Waals surface area contributed by atoms with Gasteiger partial charge in [-0.1, -0.05) is 18.2 Å². The fourth-order valence-electron chi connectivity index (χ4n) is 1.71. The first-order chi connectivity index (χ1) is 7.27. The molecule has 1 aliphatic heterocycles. The average molecular weight is 207 g/mol. The van der Waals surface area contributed by atoms with Crippen LogP contribution in [-0.2, 0) is 4.79 Å². The molecule has 1 fully saturated rings. The highest BCUT2D eigenvalue weighted by atomic mass is 16.7. The van der Waals surface area contributed by atoms with Crippen molar-refractivity contribution in [2.45, 2.75) is 18.9 Å². The predicted molar refractivity (Wildman–Crippen MR) is 54.4 cm³/mol. The number of carbonyl (C=O) groups is 1. The quantitative estimate of drug-likeness (QED) is 0.816. The Kier molecular flexibility index (Phi) is 2.87. The van der Waals surface area contributed by atoms with Crippen LogP contribution in [0.25, 0.3) is 0 Å². The lowest BCUT2D eigenvalue weighted by Crippen LogP contribution is -2.38. The second kappa shape index (κ2) is 4.31. The third-order valence-corrected chi connectivity index (χ3v) is 2.45. The number of aliphatic carboxylic acids is 1. The standard InChI is InChI=1S/C11H13NO3/c13-11(14)10-7-4-8-12(10)15-9-5-2-1-3-6-9/h1-3,5-6,10H,4,7-8H2,(H,13,14). The molecule has 0 amide bonds. The van der Waals surface area contributed by atoms with E-state index in [4.69, 9.17) is 9.94 Å². The molecule has 0 aromatic heterocycles. The van der Waals surface area contributed by atoms with E-state index in [1.807, 2.05) is 30.3 Å². The number of hydroxylamine groups is 2. The van der Waals surface area contributed by atoms with E-state index in [-0.39, 0.29) is 0 Å². The summed E-state index contributed by atoms with van der Waals surface area (Å²) in [6, 6.07) is 8.74. The molecule has 2 rings (SSSR count). The van der Waals surface area contributed by atoms with Crippen molar-refractivity contribution in [3.63, 3.8) is 0 Å². The van der Waals surface area contributed by atoms with Crippen molar-refractivity contribution in [1.29, 1.82) is 0 Å². The van der Waals surface area contributed by atoms with Crippen molar-refractivity contribution in [2.75, 3.05) is 6.54 Å². The lowest BCUT2D eigenvalue weighted by Gasteiger charge is -2.20. The summed E-state index contributed by atoms with van der Waals surface area (Å²) in [5, 5.41) is 10.5. The summed E-state index contributed by atoms with van der Waals surface area (Å²) in [5.41, 5.74) is 0. The van der Waals surface area contributed by atoms with Gasteiger partial charge in [-0.3, -0.25) is 4.79 Å². The van der Waals surface area contributed by atoms with Gasteiger partial charge in [-0.25, -0.2) is 0 Å². The van der Waals surface area contributed by atoms with Gasteiger partial charge in [0.2, 0.25) is 0 Å². The molecule has 0 spiro atoms. The maximum atomic E-state index is 10.9. The third-order valence-electron chi connectivity index (χ3n) is 2.45. The zero-order chi connectivity index (χ0) is 10.7. The van der Waals surface area contributed by atoms with Gasteiger partial charge in [-0.15, -0.1) is 5.06 Å². The van der Waals surface area contributed by atoms with E-state index in [2.05, 4.69) is 0 Å². The lowest BCUT2D eigenvalue weighted by molar-refractivity contribution is -0.154. The van der Waals surface area contributed by atoms with Crippen LogP contribution in [0.5, 0.6) is 5.75 Å². The van der Waals surface area contributed by atoms with Crippen molar-refractivity contribution in [3.8, 4) is 5.75 Å². The minimum Gasteiger partial charge on any atom is -0.480 e. The first-order valence-corrected chi connectivity index (χ1v) is 5.00. The van der Waals surface area contributed by atoms with Crippen molar-refractivity contribution in [2.24, 2.45) is 0 Å². The minimum atomic E-state index is -0.816. The molecule has 1 aliphatic rings. The second-order valence-electron chi connectivity index (χ2n) is 3.54. The van der Waals surface area contributed by atoms with Crippen LogP contribution in [0.15, 0.2) is 30.3 Å². The fourth-order valence-corrected chi connectivity index (χ4v) is 1.71. The molecular weight excluding hydrogens is 194 g/mol. The number of para-hydroxylation sites is 1. The maximum absolute atomic E-state index is 10.9. The van der Waals surface area contributed by atoms with Gasteiger partial charge in [0.25, 0.3) is 0 Å². The van der Waals surface area contributed by atoms with Crippen LogP contribution in [0, 0.1) is 0 Å². The Hall–Kier alpha value is -1.55. The first-order valence-electron chi connectivity index (χ1n) is 5.00. The molecule has 0 saturated carbocycles. The zero-order valence-electron chi connectivity index (χ0n) is 8.30. The number of nitrogens with zero attached hydrogens (tertiary/aromatic N) is 1. The SMILES string of the molecule is O=C(O)C1CCCN1Oc1ccccc1. The Morgan fingerprint density at radius 3 is 2.80 bits per heavy atom. The molecule has 1 aromatic carbocycles. The van der Waals surface area contributed by atoms with E-state index >= 15 is 0 Å². The molecule has 1 unspecified atom stereocenters. The summed E-state index contributed by atoms with van der Waals surface area (Å²) in [6.07, 6.45) is 1.52. The molecule has 4 nitrogen and oxygen atoms in total. The molecule has 1 saturated heterocycles. The van der Waals surface area contributed by atoms with Gasteiger partial charge in [0.1, 0.15) is 11.8 Å². The Morgan fingerprint density at radius 2 is 2.13 bits per heavy atom. The van der Waals surface area contributed by atoms with Crippen molar-refractivity contribution in [1.82, 2.24) is 5.06 Å². The number of carboxylic acids is 1. The monoisotopic (exact) mass is 207 g/mol. The maximum Gasteiger partial charge on any atom is 0.324 e. The van der Waals surface area contributed by atoms with Gasteiger partial charge in [0.05, 0.1) is 0 Å². The molecule has 1 aromatic rings. The van der Waals surface area contributed by atoms with Crippen molar-refractivity contribution >= 4 is 5.97 Å². The van der Waals surface area contributed by atoms with Gasteiger partial charge in [0, 0.05) is 6.54 Å². The van der Waals surface area contributed by atoms with Gasteiger partial charge < -0.3 is 9.94 Å². The van der Waals surface area contributed by atoms with Gasteiger partial charge >= 0.3 is 5.97 Å². The summed E-state index contributed by atoms with van der Waals surface area (Å²) in [6.45, 7) is 0.672. The summed E-state index contributed by atoms with van der Waals surface area (Å²) < 4.78 is 0. The van der Waals surface area contributed by atoms with Crippen molar-refractivity contribution in [3.05, 3.63) is 30.3 Å². The van der Waals surface area contributed by atoms with Gasteiger partial charge in [-0.2, -0.15) is 0 Å². The Balaban J connectivity index is 2.03. The summed E-state index contributed by atoms with van der Waals surface area (Å²) in [4.78, 5) is 16.4. The fraction of sp³-hybridized carbons (Fsp3) is 0.364. The highest BCUT2D eigenvalue weighted by Crippen LogP contribution is 2.20. The Morgan fingerprint density at radius 1 is 1.40 bits per heavy atom. The van der Waals surface area contributed by atoms with Crippen LogP contribution in [-0.4, -0.2) is 28.7 Å². The van der Waals surface area contributed by atoms with Crippen LogP contribution in [0.2, 0.25) is 0 Å². The molecule has 0 bridgehead atoms. The number of benzene rings is 1. The lowest BCUT2D eigenvalue weighted by atomic mass is 10.2. The summed E-state index contributed by atoms with van der Waals surface area (Å²) >= 11 is 0. The van der Waals surface area contributed by atoms with E-state index in [0.717, 1.165) is 6.42 Å². The normalized spacial score (nSPS) is 21.5. The van der Waals surface area contributed by atoms with Crippen molar-refractivity contribution < 1.29 is 14.7 Å². The zero-order valence-corrected chi connectivity index (χ0v) is 8.30. The molecule has 80 valence electrons. The number of hydrogen-bond acceptors (Lipinski definition) is 3. The van der Waals surface area contributed by atoms with Gasteiger partial charge in [-0.05, 0) is 25.0 Å². The highest BCUT2D eigenvalue weighted by Gasteiger charge is 2.32. The molecule has 0 radical (unpaired) electrons. The predicted octanol–water partition coefficient (Wildman–Crippen LogP) is 1.53. The van der Waals surface area contributed by atoms with Gasteiger partial charge in [0.15, 0.2) is 0 Å². The largest absolute Gasteiger partial charge is 0.480 e. The molecule has 15 heavy (non-hydrogen) atoms. The molecular formula is C11H13NO3. The van der Waals surface area contributed by atoms with E-state index in [9.17, 15) is 4.79 Å². The van der Waals surface area contributed by atoms with Crippen LogP contribution in [0.1, 0.15) is 12.8 Å². The van der Waals surface area contributed by atoms with E-state index in [1.165, 1.54) is 5.06 Å². The molecule has 4 heteroatoms. The molecule has 1 heterocycles. The van der Waals surface area contributed by atoms with E-state index in [0.29, 0.717) is 18.7 Å². The smallest absolute Gasteiger partial charge is 0.324 e. The topological polar surface area (TPSA) is 49.8 Å². The molecule has 0 aliphatic carbocycles. The van der Waals surface area contributed by atoms with Crippen LogP contribution in [0.3, 0.4) is 0 Å². The third kappa shape index (κ3) is 2.27. The Labute approximate surface area is 88.0 Å². The Bertz CT molecular complexity index is 339. The number of hydrogen-bond donors (Lipinski definition) is 1. The number of carboxylic acid groups (broad SMARTS) is 1.